The Labute approximate surface area is 70.1 Å². The molecule has 1 aromatic carbocycles. The lowest BCUT2D eigenvalue weighted by Crippen LogP contribution is -1.79. The molecule has 0 fully saturated rings. The predicted molar refractivity (Wildman–Crippen MR) is 45.3 cm³/mol. The molecule has 2 nitrogen and oxygen atoms in total. The molecule has 0 bridgehead atoms. The van der Waals surface area contributed by atoms with Gasteiger partial charge in [-0.05, 0) is 24.3 Å². The van der Waals surface area contributed by atoms with Gasteiger partial charge in [-0.25, -0.2) is 4.98 Å². The third-order valence-corrected chi connectivity index (χ3v) is 1.68. The van der Waals surface area contributed by atoms with E-state index in [9.17, 15) is 0 Å². The van der Waals surface area contributed by atoms with Gasteiger partial charge in [0.15, 0.2) is 0 Å². The molecule has 1 aromatic heterocycles. The van der Waals surface area contributed by atoms with Crippen molar-refractivity contribution >= 4 is 10.9 Å². The number of benzene rings is 1. The fourth-order valence-electron chi connectivity index (χ4n) is 1.09. The van der Waals surface area contributed by atoms with Crippen molar-refractivity contribution in [3.05, 3.63) is 42.1 Å². The molecule has 55 valence electrons. The Morgan fingerprint density at radius 2 is 2.25 bits per heavy atom. The number of nitrogens with zero attached hydrogens (tertiary/aromatic N) is 2. The van der Waals surface area contributed by atoms with Gasteiger partial charge in [0.25, 0.3) is 0 Å². The molecule has 0 aliphatic rings. The summed E-state index contributed by atoms with van der Waals surface area (Å²) in [6, 6.07) is 11.1. The van der Waals surface area contributed by atoms with Crippen molar-refractivity contribution in [1.82, 2.24) is 4.98 Å². The molecule has 1 heterocycles. The van der Waals surface area contributed by atoms with Crippen LogP contribution in [0.3, 0.4) is 0 Å². The Balaban J connectivity index is 2.78. The first kappa shape index (κ1) is 6.81. The topological polar surface area (TPSA) is 36.7 Å². The van der Waals surface area contributed by atoms with Gasteiger partial charge in [0, 0.05) is 5.39 Å². The first-order chi connectivity index (χ1) is 5.90. The summed E-state index contributed by atoms with van der Waals surface area (Å²) in [5, 5.41) is 9.60. The van der Waals surface area contributed by atoms with Crippen molar-refractivity contribution in [3.63, 3.8) is 0 Å². The van der Waals surface area contributed by atoms with E-state index in [0.29, 0.717) is 5.56 Å². The molecule has 2 aromatic rings. The highest BCUT2D eigenvalue weighted by atomic mass is 14.6. The molecule has 1 radical (unpaired) electrons. The standard InChI is InChI=1S/C10H5N2/c11-7-8-3-4-10-9(6-8)2-1-5-12-10/h1-4,6H. The zero-order chi connectivity index (χ0) is 8.39. The number of hydrogen-bond acceptors (Lipinski definition) is 2. The van der Waals surface area contributed by atoms with Gasteiger partial charge in [0.2, 0.25) is 0 Å². The van der Waals surface area contributed by atoms with Crippen LogP contribution in [0.2, 0.25) is 0 Å². The number of nitriles is 1. The molecular weight excluding hydrogens is 148 g/mol. The van der Waals surface area contributed by atoms with E-state index < -0.39 is 0 Å². The van der Waals surface area contributed by atoms with Crippen LogP contribution in [0.25, 0.3) is 10.9 Å². The Kier molecular flexibility index (Phi) is 1.49. The summed E-state index contributed by atoms with van der Waals surface area (Å²) in [6.07, 6.45) is 2.74. The fourth-order valence-corrected chi connectivity index (χ4v) is 1.09. The molecule has 0 atom stereocenters. The maximum absolute atomic E-state index is 8.62. The molecule has 0 aliphatic carbocycles. The molecule has 0 N–H and O–H groups in total. The van der Waals surface area contributed by atoms with E-state index in [1.54, 1.807) is 12.1 Å². The second-order valence-corrected chi connectivity index (χ2v) is 2.46. The molecule has 0 amide bonds. The minimum atomic E-state index is 0.663. The van der Waals surface area contributed by atoms with Crippen LogP contribution in [0.1, 0.15) is 5.56 Å². The zero-order valence-corrected chi connectivity index (χ0v) is 6.28. The Morgan fingerprint density at radius 3 is 3.08 bits per heavy atom. The lowest BCUT2D eigenvalue weighted by atomic mass is 10.1. The van der Waals surface area contributed by atoms with Gasteiger partial charge >= 0.3 is 0 Å². The van der Waals surface area contributed by atoms with Crippen LogP contribution in [-0.4, -0.2) is 4.98 Å². The van der Waals surface area contributed by atoms with Gasteiger partial charge < -0.3 is 0 Å². The van der Waals surface area contributed by atoms with E-state index in [1.807, 2.05) is 18.2 Å². The van der Waals surface area contributed by atoms with E-state index in [-0.39, 0.29) is 0 Å². The van der Waals surface area contributed by atoms with Crippen molar-refractivity contribution in [2.45, 2.75) is 0 Å². The number of hydrogen-bond donors (Lipinski definition) is 0. The molecule has 0 saturated carbocycles. The van der Waals surface area contributed by atoms with Crippen LogP contribution in [-0.2, 0) is 0 Å². The SMILES string of the molecule is N#Cc1ccc2n[c]ccc2c1. The fraction of sp³-hybridized carbons (Fsp3) is 0. The van der Waals surface area contributed by atoms with Gasteiger partial charge in [-0.2, -0.15) is 5.26 Å². The normalized spacial score (nSPS) is 9.58. The summed E-state index contributed by atoms with van der Waals surface area (Å²) < 4.78 is 0. The summed E-state index contributed by atoms with van der Waals surface area (Å²) in [5.41, 5.74) is 1.53. The Bertz CT molecular complexity index is 455. The lowest BCUT2D eigenvalue weighted by molar-refractivity contribution is 1.39. The average Bonchev–Trinajstić information content (AvgIpc) is 2.17. The van der Waals surface area contributed by atoms with E-state index in [2.05, 4.69) is 17.3 Å². The van der Waals surface area contributed by atoms with Gasteiger partial charge in [-0.3, -0.25) is 0 Å². The minimum Gasteiger partial charge on any atom is -0.246 e. The van der Waals surface area contributed by atoms with E-state index >= 15 is 0 Å². The van der Waals surface area contributed by atoms with Crippen LogP contribution in [0.15, 0.2) is 30.3 Å². The van der Waals surface area contributed by atoms with E-state index in [1.165, 1.54) is 0 Å². The molecule has 2 rings (SSSR count). The lowest BCUT2D eigenvalue weighted by Gasteiger charge is -1.94. The molecular formula is C10H5N2. The first-order valence-electron chi connectivity index (χ1n) is 3.57. The van der Waals surface area contributed by atoms with Crippen molar-refractivity contribution in [2.24, 2.45) is 0 Å². The molecule has 0 spiro atoms. The third-order valence-electron chi connectivity index (χ3n) is 1.68. The quantitative estimate of drug-likeness (QED) is 0.579. The predicted octanol–water partition coefficient (Wildman–Crippen LogP) is 1.91. The van der Waals surface area contributed by atoms with Gasteiger partial charge in [-0.1, -0.05) is 6.07 Å². The zero-order valence-electron chi connectivity index (χ0n) is 6.28. The van der Waals surface area contributed by atoms with Crippen LogP contribution >= 0.6 is 0 Å². The number of pyridine rings is 1. The first-order valence-corrected chi connectivity index (χ1v) is 3.57. The number of fused-ring (bicyclic) bond motifs is 1. The highest BCUT2D eigenvalue weighted by molar-refractivity contribution is 5.79. The molecule has 0 unspecified atom stereocenters. The van der Waals surface area contributed by atoms with E-state index in [4.69, 9.17) is 5.26 Å². The van der Waals surface area contributed by atoms with Crippen molar-refractivity contribution in [2.75, 3.05) is 0 Å². The summed E-state index contributed by atoms with van der Waals surface area (Å²) >= 11 is 0. The molecule has 0 saturated heterocycles. The molecule has 2 heteroatoms. The third kappa shape index (κ3) is 1.02. The van der Waals surface area contributed by atoms with Gasteiger partial charge in [-0.15, -0.1) is 0 Å². The highest BCUT2D eigenvalue weighted by Crippen LogP contribution is 2.11. The van der Waals surface area contributed by atoms with E-state index in [0.717, 1.165) is 10.9 Å². The van der Waals surface area contributed by atoms with Crippen molar-refractivity contribution in [3.8, 4) is 6.07 Å². The Hall–Kier alpha value is -1.88. The number of rotatable bonds is 0. The van der Waals surface area contributed by atoms with Gasteiger partial charge in [0.05, 0.1) is 23.3 Å². The summed E-state index contributed by atoms with van der Waals surface area (Å²) in [4.78, 5) is 4.02. The number of aromatic nitrogens is 1. The van der Waals surface area contributed by atoms with Crippen LogP contribution in [0.5, 0.6) is 0 Å². The largest absolute Gasteiger partial charge is 0.246 e. The monoisotopic (exact) mass is 153 g/mol. The summed E-state index contributed by atoms with van der Waals surface area (Å²) in [6.45, 7) is 0. The highest BCUT2D eigenvalue weighted by Gasteiger charge is 1.94. The van der Waals surface area contributed by atoms with Crippen molar-refractivity contribution in [1.29, 1.82) is 5.26 Å². The molecule has 0 aliphatic heterocycles. The van der Waals surface area contributed by atoms with Crippen molar-refractivity contribution < 1.29 is 0 Å². The van der Waals surface area contributed by atoms with Crippen LogP contribution in [0, 0.1) is 17.5 Å². The molecule has 12 heavy (non-hydrogen) atoms. The second kappa shape index (κ2) is 2.63. The second-order valence-electron chi connectivity index (χ2n) is 2.46. The van der Waals surface area contributed by atoms with Gasteiger partial charge in [0.1, 0.15) is 0 Å². The van der Waals surface area contributed by atoms with Crippen LogP contribution in [0.4, 0.5) is 0 Å². The maximum Gasteiger partial charge on any atom is 0.0991 e. The average molecular weight is 153 g/mol. The van der Waals surface area contributed by atoms with Crippen LogP contribution < -0.4 is 0 Å². The maximum atomic E-state index is 8.62. The minimum absolute atomic E-state index is 0.663. The summed E-state index contributed by atoms with van der Waals surface area (Å²) in [5.74, 6) is 0. The smallest absolute Gasteiger partial charge is 0.0991 e. The Morgan fingerprint density at radius 1 is 1.33 bits per heavy atom. The summed E-state index contributed by atoms with van der Waals surface area (Å²) in [7, 11) is 0.